The summed E-state index contributed by atoms with van der Waals surface area (Å²) in [6, 6.07) is 13.7. The molecule has 1 fully saturated rings. The molecule has 0 bridgehead atoms. The molecule has 1 aliphatic rings. The SMILES string of the molecule is N#Cc1ccccc1-c1ccc(CN2CCC[C@@H](c3ncn[nH]3)C2)o1. The highest BCUT2D eigenvalue weighted by Gasteiger charge is 2.24. The number of hydrogen-bond donors (Lipinski definition) is 1. The number of nitrogens with zero attached hydrogens (tertiary/aromatic N) is 4. The summed E-state index contributed by atoms with van der Waals surface area (Å²) < 4.78 is 6.01. The normalized spacial score (nSPS) is 18.1. The van der Waals surface area contributed by atoms with Crippen LogP contribution in [0.3, 0.4) is 0 Å². The molecule has 0 radical (unpaired) electrons. The van der Waals surface area contributed by atoms with Gasteiger partial charge < -0.3 is 4.42 Å². The zero-order valence-corrected chi connectivity index (χ0v) is 13.9. The van der Waals surface area contributed by atoms with Gasteiger partial charge in [0, 0.05) is 18.0 Å². The van der Waals surface area contributed by atoms with Crippen molar-refractivity contribution in [2.45, 2.75) is 25.3 Å². The van der Waals surface area contributed by atoms with Crippen molar-refractivity contribution in [3.05, 3.63) is 59.9 Å². The van der Waals surface area contributed by atoms with E-state index in [0.717, 1.165) is 55.4 Å². The first-order valence-electron chi connectivity index (χ1n) is 8.49. The number of aromatic amines is 1. The summed E-state index contributed by atoms with van der Waals surface area (Å²) in [6.07, 6.45) is 3.83. The molecule has 0 saturated carbocycles. The van der Waals surface area contributed by atoms with E-state index in [2.05, 4.69) is 26.2 Å². The first-order chi connectivity index (χ1) is 12.3. The van der Waals surface area contributed by atoms with Crippen LogP contribution in [0.1, 0.15) is 35.9 Å². The third kappa shape index (κ3) is 3.32. The van der Waals surface area contributed by atoms with Gasteiger partial charge in [-0.15, -0.1) is 0 Å². The Bertz CT molecular complexity index is 877. The van der Waals surface area contributed by atoms with E-state index in [1.807, 2.05) is 36.4 Å². The van der Waals surface area contributed by atoms with Gasteiger partial charge in [-0.1, -0.05) is 12.1 Å². The Morgan fingerprint density at radius 2 is 2.20 bits per heavy atom. The van der Waals surface area contributed by atoms with Crippen LogP contribution in [0.4, 0.5) is 0 Å². The van der Waals surface area contributed by atoms with Crippen LogP contribution in [0, 0.1) is 11.3 Å². The smallest absolute Gasteiger partial charge is 0.137 e. The Morgan fingerprint density at radius 1 is 1.28 bits per heavy atom. The van der Waals surface area contributed by atoms with Crippen molar-refractivity contribution in [1.29, 1.82) is 5.26 Å². The van der Waals surface area contributed by atoms with E-state index in [1.165, 1.54) is 0 Å². The van der Waals surface area contributed by atoms with E-state index in [-0.39, 0.29) is 0 Å². The summed E-state index contributed by atoms with van der Waals surface area (Å²) >= 11 is 0. The Labute approximate surface area is 146 Å². The number of likely N-dealkylation sites (tertiary alicyclic amines) is 1. The van der Waals surface area contributed by atoms with Crippen LogP contribution in [0.5, 0.6) is 0 Å². The lowest BCUT2D eigenvalue weighted by atomic mass is 9.97. The molecule has 4 rings (SSSR count). The predicted octanol–water partition coefficient (Wildman–Crippen LogP) is 3.32. The molecule has 0 aliphatic carbocycles. The lowest BCUT2D eigenvalue weighted by molar-refractivity contribution is 0.184. The minimum Gasteiger partial charge on any atom is -0.460 e. The Kier molecular flexibility index (Phi) is 4.32. The van der Waals surface area contributed by atoms with Crippen LogP contribution >= 0.6 is 0 Å². The Hall–Kier alpha value is -2.91. The van der Waals surface area contributed by atoms with E-state index >= 15 is 0 Å². The number of rotatable bonds is 4. The maximum absolute atomic E-state index is 9.25. The standard InChI is InChI=1S/C19H19N5O/c20-10-14-4-1-2-6-17(14)18-8-7-16(25-18)12-24-9-3-5-15(11-24)19-21-13-22-23-19/h1-2,4,6-8,13,15H,3,5,9,11-12H2,(H,21,22,23)/t15-/m1/s1. The van der Waals surface area contributed by atoms with Crippen molar-refractivity contribution >= 4 is 0 Å². The number of piperidine rings is 1. The van der Waals surface area contributed by atoms with Crippen LogP contribution in [0.25, 0.3) is 11.3 Å². The molecule has 1 atom stereocenters. The largest absolute Gasteiger partial charge is 0.460 e. The summed E-state index contributed by atoms with van der Waals surface area (Å²) in [5, 5.41) is 16.2. The molecule has 6 heteroatoms. The zero-order valence-electron chi connectivity index (χ0n) is 13.9. The van der Waals surface area contributed by atoms with Crippen molar-refractivity contribution < 1.29 is 4.42 Å². The van der Waals surface area contributed by atoms with Crippen molar-refractivity contribution in [3.8, 4) is 17.4 Å². The monoisotopic (exact) mass is 333 g/mol. The molecular weight excluding hydrogens is 314 g/mol. The number of aromatic nitrogens is 3. The molecule has 1 aliphatic heterocycles. The van der Waals surface area contributed by atoms with Gasteiger partial charge in [0.1, 0.15) is 23.7 Å². The predicted molar refractivity (Wildman–Crippen MR) is 92.5 cm³/mol. The molecule has 0 unspecified atom stereocenters. The second kappa shape index (κ2) is 6.91. The van der Waals surface area contributed by atoms with Crippen LogP contribution < -0.4 is 0 Å². The van der Waals surface area contributed by atoms with Gasteiger partial charge in [-0.25, -0.2) is 4.98 Å². The molecule has 3 heterocycles. The molecule has 1 saturated heterocycles. The van der Waals surface area contributed by atoms with Gasteiger partial charge in [-0.3, -0.25) is 10.00 Å². The maximum Gasteiger partial charge on any atom is 0.137 e. The first kappa shape index (κ1) is 15.6. The second-order valence-corrected chi connectivity index (χ2v) is 6.37. The molecule has 1 N–H and O–H groups in total. The average molecular weight is 333 g/mol. The molecule has 126 valence electrons. The fourth-order valence-corrected chi connectivity index (χ4v) is 3.46. The van der Waals surface area contributed by atoms with Crippen LogP contribution in [-0.4, -0.2) is 33.2 Å². The number of benzene rings is 1. The van der Waals surface area contributed by atoms with E-state index in [4.69, 9.17) is 4.42 Å². The quantitative estimate of drug-likeness (QED) is 0.792. The number of hydrogen-bond acceptors (Lipinski definition) is 5. The number of furan rings is 1. The van der Waals surface area contributed by atoms with E-state index in [1.54, 1.807) is 6.33 Å². The molecule has 0 amide bonds. The van der Waals surface area contributed by atoms with E-state index in [0.29, 0.717) is 11.5 Å². The summed E-state index contributed by atoms with van der Waals surface area (Å²) in [6.45, 7) is 2.76. The van der Waals surface area contributed by atoms with E-state index in [9.17, 15) is 5.26 Å². The fourth-order valence-electron chi connectivity index (χ4n) is 3.46. The van der Waals surface area contributed by atoms with Gasteiger partial charge in [0.05, 0.1) is 18.2 Å². The number of H-pyrrole nitrogens is 1. The minimum absolute atomic E-state index is 0.394. The van der Waals surface area contributed by atoms with Crippen LogP contribution in [0.15, 0.2) is 47.1 Å². The lowest BCUT2D eigenvalue weighted by Crippen LogP contribution is -2.34. The van der Waals surface area contributed by atoms with Crippen LogP contribution in [-0.2, 0) is 6.54 Å². The third-order valence-corrected chi connectivity index (χ3v) is 4.68. The minimum atomic E-state index is 0.394. The topological polar surface area (TPSA) is 81.7 Å². The van der Waals surface area contributed by atoms with Gasteiger partial charge in [0.15, 0.2) is 0 Å². The summed E-state index contributed by atoms with van der Waals surface area (Å²) in [4.78, 5) is 6.68. The maximum atomic E-state index is 9.25. The first-order valence-corrected chi connectivity index (χ1v) is 8.49. The molecule has 25 heavy (non-hydrogen) atoms. The molecular formula is C19H19N5O. The summed E-state index contributed by atoms with van der Waals surface area (Å²) in [5.74, 6) is 3.02. The fraction of sp³-hybridized carbons (Fsp3) is 0.316. The molecule has 0 spiro atoms. The summed E-state index contributed by atoms with van der Waals surface area (Å²) in [7, 11) is 0. The van der Waals surface area contributed by atoms with Gasteiger partial charge >= 0.3 is 0 Å². The molecule has 1 aromatic carbocycles. The van der Waals surface area contributed by atoms with Crippen molar-refractivity contribution in [3.63, 3.8) is 0 Å². The second-order valence-electron chi connectivity index (χ2n) is 6.37. The van der Waals surface area contributed by atoms with Crippen molar-refractivity contribution in [1.82, 2.24) is 20.1 Å². The molecule has 6 nitrogen and oxygen atoms in total. The zero-order chi connectivity index (χ0) is 17.1. The van der Waals surface area contributed by atoms with Crippen molar-refractivity contribution in [2.75, 3.05) is 13.1 Å². The Balaban J connectivity index is 1.47. The van der Waals surface area contributed by atoms with Crippen LogP contribution in [0.2, 0.25) is 0 Å². The lowest BCUT2D eigenvalue weighted by Gasteiger charge is -2.30. The highest BCUT2D eigenvalue weighted by atomic mass is 16.3. The molecule has 3 aromatic rings. The number of nitriles is 1. The highest BCUT2D eigenvalue weighted by Crippen LogP contribution is 2.28. The summed E-state index contributed by atoms with van der Waals surface area (Å²) in [5.41, 5.74) is 1.47. The van der Waals surface area contributed by atoms with Gasteiger partial charge in [0.2, 0.25) is 0 Å². The van der Waals surface area contributed by atoms with E-state index < -0.39 is 0 Å². The Morgan fingerprint density at radius 3 is 3.04 bits per heavy atom. The molecule has 2 aromatic heterocycles. The average Bonchev–Trinajstić information content (AvgIpc) is 3.34. The third-order valence-electron chi connectivity index (χ3n) is 4.68. The van der Waals surface area contributed by atoms with Crippen molar-refractivity contribution in [2.24, 2.45) is 0 Å². The number of nitrogens with one attached hydrogen (secondary N) is 1. The van der Waals surface area contributed by atoms with Gasteiger partial charge in [-0.05, 0) is 43.7 Å². The highest BCUT2D eigenvalue weighted by molar-refractivity contribution is 5.66. The van der Waals surface area contributed by atoms with Gasteiger partial charge in [0.25, 0.3) is 0 Å². The van der Waals surface area contributed by atoms with Gasteiger partial charge in [-0.2, -0.15) is 10.4 Å².